The summed E-state index contributed by atoms with van der Waals surface area (Å²) in [4.78, 5) is 15.6. The molecule has 0 atom stereocenters. The van der Waals surface area contributed by atoms with Gasteiger partial charge >= 0.3 is 0 Å². The lowest BCUT2D eigenvalue weighted by molar-refractivity contribution is -0.130. The summed E-state index contributed by atoms with van der Waals surface area (Å²) in [7, 11) is 0. The molecule has 0 radical (unpaired) electrons. The summed E-state index contributed by atoms with van der Waals surface area (Å²) >= 11 is 0. The Labute approximate surface area is 125 Å². The molecule has 5 nitrogen and oxygen atoms in total. The Bertz CT molecular complexity index is 510. The quantitative estimate of drug-likeness (QED) is 0.892. The van der Waals surface area contributed by atoms with Crippen LogP contribution in [-0.2, 0) is 17.9 Å². The highest BCUT2D eigenvalue weighted by Gasteiger charge is 2.19. The fraction of sp³-hybridized carbons (Fsp3) is 0.562. The molecule has 1 aromatic carbocycles. The summed E-state index contributed by atoms with van der Waals surface area (Å²) in [6.45, 7) is 8.67. The number of carbonyl (C=O) groups is 1. The third kappa shape index (κ3) is 3.36. The van der Waals surface area contributed by atoms with Gasteiger partial charge in [0.2, 0.25) is 5.91 Å². The van der Waals surface area contributed by atoms with Gasteiger partial charge in [-0.15, -0.1) is 0 Å². The first-order valence-corrected chi connectivity index (χ1v) is 7.66. The second-order valence-electron chi connectivity index (χ2n) is 5.69. The van der Waals surface area contributed by atoms with Gasteiger partial charge in [-0.05, 0) is 11.6 Å². The largest absolute Gasteiger partial charge is 0.492 e. The van der Waals surface area contributed by atoms with Crippen molar-refractivity contribution in [1.82, 2.24) is 15.1 Å². The van der Waals surface area contributed by atoms with E-state index in [0.717, 1.165) is 51.6 Å². The monoisotopic (exact) mass is 289 g/mol. The second-order valence-corrected chi connectivity index (χ2v) is 5.69. The van der Waals surface area contributed by atoms with Crippen molar-refractivity contribution in [3.63, 3.8) is 0 Å². The molecule has 21 heavy (non-hydrogen) atoms. The number of fused-ring (bicyclic) bond motifs is 1. The van der Waals surface area contributed by atoms with Crippen LogP contribution in [-0.4, -0.2) is 55.0 Å². The average molecular weight is 289 g/mol. The lowest BCUT2D eigenvalue weighted by Gasteiger charge is -2.34. The van der Waals surface area contributed by atoms with Crippen LogP contribution in [0.15, 0.2) is 18.2 Å². The van der Waals surface area contributed by atoms with E-state index in [2.05, 4.69) is 28.4 Å². The predicted octanol–water partition coefficient (Wildman–Crippen LogP) is 0.833. The number of piperazine rings is 1. The Kier molecular flexibility index (Phi) is 4.41. The van der Waals surface area contributed by atoms with Crippen LogP contribution in [0.25, 0.3) is 0 Å². The smallest absolute Gasteiger partial charge is 0.219 e. The molecule has 0 bridgehead atoms. The molecule has 0 saturated carbocycles. The molecule has 0 spiro atoms. The van der Waals surface area contributed by atoms with E-state index in [4.69, 9.17) is 4.74 Å². The van der Waals surface area contributed by atoms with Crippen molar-refractivity contribution in [2.45, 2.75) is 20.0 Å². The van der Waals surface area contributed by atoms with Crippen molar-refractivity contribution < 1.29 is 9.53 Å². The van der Waals surface area contributed by atoms with Gasteiger partial charge in [-0.3, -0.25) is 9.69 Å². The van der Waals surface area contributed by atoms with E-state index in [9.17, 15) is 4.79 Å². The molecule has 1 amide bonds. The Morgan fingerprint density at radius 2 is 2.05 bits per heavy atom. The number of amides is 1. The minimum atomic E-state index is 0.179. The van der Waals surface area contributed by atoms with E-state index in [1.54, 1.807) is 6.92 Å². The number of hydrogen-bond acceptors (Lipinski definition) is 4. The molecule has 114 valence electrons. The summed E-state index contributed by atoms with van der Waals surface area (Å²) in [6, 6.07) is 6.27. The minimum Gasteiger partial charge on any atom is -0.492 e. The highest BCUT2D eigenvalue weighted by Crippen LogP contribution is 2.26. The first kappa shape index (κ1) is 14.4. The number of nitrogens with one attached hydrogen (secondary N) is 1. The number of nitrogens with zero attached hydrogens (tertiary/aromatic N) is 2. The summed E-state index contributed by atoms with van der Waals surface area (Å²) in [5, 5.41) is 3.36. The standard InChI is InChI=1S/C16H23N3O2/c1-13(20)19-7-5-18(6-8-19)9-10-21-16-4-2-3-14-11-17-12-15(14)16/h2-4,17H,5-12H2,1H3. The maximum Gasteiger partial charge on any atom is 0.219 e. The molecule has 3 rings (SSSR count). The van der Waals surface area contributed by atoms with Crippen LogP contribution in [0.1, 0.15) is 18.1 Å². The number of rotatable bonds is 4. The predicted molar refractivity (Wildman–Crippen MR) is 81.2 cm³/mol. The van der Waals surface area contributed by atoms with Crippen molar-refractivity contribution in [3.05, 3.63) is 29.3 Å². The van der Waals surface area contributed by atoms with Gasteiger partial charge in [0.05, 0.1) is 0 Å². The van der Waals surface area contributed by atoms with E-state index in [1.165, 1.54) is 11.1 Å². The minimum absolute atomic E-state index is 0.179. The number of ether oxygens (including phenoxy) is 1. The number of benzene rings is 1. The molecule has 2 aliphatic heterocycles. The Hall–Kier alpha value is -1.59. The SMILES string of the molecule is CC(=O)N1CCN(CCOc2cccc3c2CNC3)CC1. The van der Waals surface area contributed by atoms with E-state index in [1.807, 2.05) is 4.90 Å². The maximum atomic E-state index is 11.3. The summed E-state index contributed by atoms with van der Waals surface area (Å²) in [5.74, 6) is 1.19. The average Bonchev–Trinajstić information content (AvgIpc) is 2.97. The molecule has 2 aliphatic rings. The summed E-state index contributed by atoms with van der Waals surface area (Å²) < 4.78 is 5.96. The van der Waals surface area contributed by atoms with Crippen LogP contribution in [0.5, 0.6) is 5.75 Å². The maximum absolute atomic E-state index is 11.3. The first-order chi connectivity index (χ1) is 10.2. The van der Waals surface area contributed by atoms with Gasteiger partial charge in [-0.25, -0.2) is 0 Å². The second kappa shape index (κ2) is 6.45. The molecule has 0 unspecified atom stereocenters. The zero-order chi connectivity index (χ0) is 14.7. The Morgan fingerprint density at radius 3 is 2.81 bits per heavy atom. The molecule has 1 saturated heterocycles. The van der Waals surface area contributed by atoms with Gasteiger partial charge in [0.1, 0.15) is 12.4 Å². The van der Waals surface area contributed by atoms with Crippen LogP contribution in [0, 0.1) is 0 Å². The molecule has 1 N–H and O–H groups in total. The fourth-order valence-corrected chi connectivity index (χ4v) is 3.01. The number of carbonyl (C=O) groups excluding carboxylic acids is 1. The van der Waals surface area contributed by atoms with Crippen molar-refractivity contribution in [1.29, 1.82) is 0 Å². The molecule has 2 heterocycles. The molecule has 1 aromatic rings. The third-order valence-electron chi connectivity index (χ3n) is 4.33. The Morgan fingerprint density at radius 1 is 1.24 bits per heavy atom. The van der Waals surface area contributed by atoms with Crippen LogP contribution in [0.3, 0.4) is 0 Å². The molecule has 0 aromatic heterocycles. The molecule has 1 fully saturated rings. The first-order valence-electron chi connectivity index (χ1n) is 7.66. The van der Waals surface area contributed by atoms with Crippen LogP contribution < -0.4 is 10.1 Å². The van der Waals surface area contributed by atoms with Gasteiger partial charge in [-0.2, -0.15) is 0 Å². The normalized spacial score (nSPS) is 18.6. The van der Waals surface area contributed by atoms with Crippen LogP contribution in [0.4, 0.5) is 0 Å². The van der Waals surface area contributed by atoms with Crippen molar-refractivity contribution in [2.24, 2.45) is 0 Å². The van der Waals surface area contributed by atoms with Gasteiger partial charge in [0.25, 0.3) is 0 Å². The van der Waals surface area contributed by atoms with Crippen molar-refractivity contribution in [3.8, 4) is 5.75 Å². The zero-order valence-electron chi connectivity index (χ0n) is 12.6. The number of hydrogen-bond donors (Lipinski definition) is 1. The van der Waals surface area contributed by atoms with E-state index in [0.29, 0.717) is 6.61 Å². The zero-order valence-corrected chi connectivity index (χ0v) is 12.6. The summed E-state index contributed by atoms with van der Waals surface area (Å²) in [6.07, 6.45) is 0. The van der Waals surface area contributed by atoms with Crippen LogP contribution in [0.2, 0.25) is 0 Å². The summed E-state index contributed by atoms with van der Waals surface area (Å²) in [5.41, 5.74) is 2.65. The van der Waals surface area contributed by atoms with Gasteiger partial charge in [0.15, 0.2) is 0 Å². The van der Waals surface area contributed by atoms with Crippen molar-refractivity contribution in [2.75, 3.05) is 39.3 Å². The molecular formula is C16H23N3O2. The van der Waals surface area contributed by atoms with E-state index < -0.39 is 0 Å². The topological polar surface area (TPSA) is 44.8 Å². The van der Waals surface area contributed by atoms with Crippen molar-refractivity contribution >= 4 is 5.91 Å². The van der Waals surface area contributed by atoms with E-state index in [-0.39, 0.29) is 5.91 Å². The third-order valence-corrected chi connectivity index (χ3v) is 4.33. The Balaban J connectivity index is 1.45. The molecule has 0 aliphatic carbocycles. The fourth-order valence-electron chi connectivity index (χ4n) is 3.01. The highest BCUT2D eigenvalue weighted by molar-refractivity contribution is 5.73. The lowest BCUT2D eigenvalue weighted by Crippen LogP contribution is -2.48. The van der Waals surface area contributed by atoms with Gasteiger partial charge in [0, 0.05) is 58.3 Å². The molecular weight excluding hydrogens is 266 g/mol. The highest BCUT2D eigenvalue weighted by atomic mass is 16.5. The van der Waals surface area contributed by atoms with E-state index >= 15 is 0 Å². The lowest BCUT2D eigenvalue weighted by atomic mass is 10.1. The van der Waals surface area contributed by atoms with Crippen LogP contribution >= 0.6 is 0 Å². The molecule has 5 heteroatoms. The van der Waals surface area contributed by atoms with Gasteiger partial charge < -0.3 is 15.0 Å². The van der Waals surface area contributed by atoms with Gasteiger partial charge in [-0.1, -0.05) is 12.1 Å².